The van der Waals surface area contributed by atoms with Crippen LogP contribution in [0.5, 0.6) is 11.5 Å². The zero-order valence-corrected chi connectivity index (χ0v) is 25.9. The van der Waals surface area contributed by atoms with E-state index >= 15 is 0 Å². The number of hydrogen-bond donors (Lipinski definition) is 3. The van der Waals surface area contributed by atoms with Crippen LogP contribution in [-0.4, -0.2) is 67.7 Å². The number of amides is 3. The van der Waals surface area contributed by atoms with Gasteiger partial charge in [0.15, 0.2) is 0 Å². The molecule has 11 nitrogen and oxygen atoms in total. The second-order valence-electron chi connectivity index (χ2n) is 10.2. The summed E-state index contributed by atoms with van der Waals surface area (Å²) in [7, 11) is 4.59. The van der Waals surface area contributed by atoms with E-state index in [2.05, 4.69) is 50.4 Å². The highest BCUT2D eigenvalue weighted by Gasteiger charge is 2.22. The van der Waals surface area contributed by atoms with Crippen molar-refractivity contribution in [3.63, 3.8) is 0 Å². The van der Waals surface area contributed by atoms with Crippen LogP contribution in [0.3, 0.4) is 0 Å². The molecule has 12 heteroatoms. The number of hydrogen-bond acceptors (Lipinski definition) is 8. The number of benzene rings is 2. The lowest BCUT2D eigenvalue weighted by Crippen LogP contribution is -2.32. The minimum atomic E-state index is -0.484. The molecular formula is C31H38ClN7O4. The summed E-state index contributed by atoms with van der Waals surface area (Å²) in [5.41, 5.74) is 3.44. The first kappa shape index (κ1) is 31.6. The summed E-state index contributed by atoms with van der Waals surface area (Å²) in [6.07, 6.45) is 4.71. The largest absolute Gasteiger partial charge is 0.496 e. The molecule has 0 atom stereocenters. The molecule has 4 rings (SSSR count). The van der Waals surface area contributed by atoms with E-state index in [1.165, 1.54) is 37.1 Å². The van der Waals surface area contributed by atoms with Crippen LogP contribution in [0.2, 0.25) is 5.02 Å². The standard InChI is InChI=1S/C31H38ClN7O4/c1-7-28(40)36-23-15-21(20-11-13-39(8-2)14-12-20)9-10-22(23)35-26-17-27(34-18-33-26)38(4)31(41)37-30-19(3)24(42-5)16-25(43-6)29(30)32/h7,9-10,15-18,20H,1,8,11-14H2,2-6H3,(H,36,40)(H,37,41)(H,33,34,35). The van der Waals surface area contributed by atoms with Gasteiger partial charge in [-0.05, 0) is 69.1 Å². The maximum atomic E-state index is 13.3. The monoisotopic (exact) mass is 607 g/mol. The Morgan fingerprint density at radius 3 is 2.47 bits per heavy atom. The van der Waals surface area contributed by atoms with Crippen molar-refractivity contribution >= 4 is 52.2 Å². The highest BCUT2D eigenvalue weighted by Crippen LogP contribution is 2.41. The molecule has 1 saturated heterocycles. The van der Waals surface area contributed by atoms with Gasteiger partial charge < -0.3 is 30.3 Å². The van der Waals surface area contributed by atoms with E-state index in [1.807, 2.05) is 12.1 Å². The zero-order chi connectivity index (χ0) is 31.1. The Kier molecular flexibility index (Phi) is 10.4. The normalized spacial score (nSPS) is 13.6. The van der Waals surface area contributed by atoms with Crippen molar-refractivity contribution in [3.8, 4) is 11.5 Å². The van der Waals surface area contributed by atoms with E-state index < -0.39 is 6.03 Å². The quantitative estimate of drug-likeness (QED) is 0.233. The Bertz CT molecular complexity index is 1460. The molecule has 1 aromatic heterocycles. The molecule has 0 bridgehead atoms. The van der Waals surface area contributed by atoms with Crippen molar-refractivity contribution in [3.05, 3.63) is 65.5 Å². The van der Waals surface area contributed by atoms with Gasteiger partial charge in [0.1, 0.15) is 34.5 Å². The fraction of sp³-hybridized carbons (Fsp3) is 0.355. The Morgan fingerprint density at radius 1 is 1.09 bits per heavy atom. The number of aromatic nitrogens is 2. The van der Waals surface area contributed by atoms with Crippen LogP contribution in [-0.2, 0) is 4.79 Å². The molecule has 3 aromatic rings. The number of halogens is 1. The predicted octanol–water partition coefficient (Wildman–Crippen LogP) is 6.19. The number of methoxy groups -OCH3 is 2. The number of piperidine rings is 1. The van der Waals surface area contributed by atoms with Crippen LogP contribution >= 0.6 is 11.6 Å². The number of nitrogens with zero attached hydrogens (tertiary/aromatic N) is 4. The van der Waals surface area contributed by atoms with Crippen LogP contribution in [0.1, 0.15) is 36.8 Å². The number of rotatable bonds is 10. The lowest BCUT2D eigenvalue weighted by Gasteiger charge is -2.31. The fourth-order valence-electron chi connectivity index (χ4n) is 5.04. The van der Waals surface area contributed by atoms with E-state index in [0.29, 0.717) is 51.7 Å². The van der Waals surface area contributed by atoms with Crippen molar-refractivity contribution in [2.24, 2.45) is 0 Å². The summed E-state index contributed by atoms with van der Waals surface area (Å²) in [5, 5.41) is 9.25. The topological polar surface area (TPSA) is 121 Å². The number of carbonyl (C=O) groups is 2. The van der Waals surface area contributed by atoms with E-state index in [0.717, 1.165) is 32.5 Å². The lowest BCUT2D eigenvalue weighted by atomic mass is 9.89. The third-order valence-electron chi connectivity index (χ3n) is 7.67. The van der Waals surface area contributed by atoms with Crippen LogP contribution in [0.4, 0.5) is 33.5 Å². The van der Waals surface area contributed by atoms with E-state index in [1.54, 1.807) is 26.1 Å². The Morgan fingerprint density at radius 2 is 1.81 bits per heavy atom. The summed E-state index contributed by atoms with van der Waals surface area (Å²) < 4.78 is 10.7. The highest BCUT2D eigenvalue weighted by atomic mass is 35.5. The SMILES string of the molecule is C=CC(=O)Nc1cc(C2CCN(CC)CC2)ccc1Nc1cc(N(C)C(=O)Nc2c(C)c(OC)cc(OC)c2Cl)ncn1. The smallest absolute Gasteiger partial charge is 0.327 e. The third kappa shape index (κ3) is 7.36. The Hall–Kier alpha value is -4.35. The van der Waals surface area contributed by atoms with Gasteiger partial charge in [-0.25, -0.2) is 14.8 Å². The second kappa shape index (κ2) is 14.2. The highest BCUT2D eigenvalue weighted by molar-refractivity contribution is 6.35. The summed E-state index contributed by atoms with van der Waals surface area (Å²) in [4.78, 5) is 37.9. The first-order valence-electron chi connectivity index (χ1n) is 14.0. The number of likely N-dealkylation sites (tertiary alicyclic amines) is 1. The maximum absolute atomic E-state index is 13.3. The molecule has 3 amide bonds. The van der Waals surface area contributed by atoms with E-state index in [4.69, 9.17) is 21.1 Å². The molecule has 0 radical (unpaired) electrons. The van der Waals surface area contributed by atoms with Crippen LogP contribution in [0, 0.1) is 6.92 Å². The molecule has 0 aliphatic carbocycles. The number of nitrogens with one attached hydrogen (secondary N) is 3. The van der Waals surface area contributed by atoms with Gasteiger partial charge in [-0.2, -0.15) is 0 Å². The summed E-state index contributed by atoms with van der Waals surface area (Å²) >= 11 is 6.50. The minimum Gasteiger partial charge on any atom is -0.496 e. The van der Waals surface area contributed by atoms with Crippen LogP contribution in [0.25, 0.3) is 0 Å². The second-order valence-corrected chi connectivity index (χ2v) is 10.6. The van der Waals surface area contributed by atoms with E-state index in [-0.39, 0.29) is 10.9 Å². The van der Waals surface area contributed by atoms with Gasteiger partial charge in [0.25, 0.3) is 0 Å². The molecule has 0 saturated carbocycles. The number of anilines is 5. The molecular weight excluding hydrogens is 570 g/mol. The minimum absolute atomic E-state index is 0.251. The summed E-state index contributed by atoms with van der Waals surface area (Å²) in [6.45, 7) is 10.7. The van der Waals surface area contributed by atoms with Crippen LogP contribution < -0.4 is 30.3 Å². The first-order chi connectivity index (χ1) is 20.7. The number of ether oxygens (including phenoxy) is 2. The number of carbonyl (C=O) groups excluding carboxylic acids is 2. The average Bonchev–Trinajstić information content (AvgIpc) is 3.03. The molecule has 1 aliphatic rings. The van der Waals surface area contributed by atoms with Gasteiger partial charge in [-0.1, -0.05) is 31.2 Å². The van der Waals surface area contributed by atoms with Gasteiger partial charge in [0.2, 0.25) is 5.91 Å². The molecule has 1 fully saturated rings. The Balaban J connectivity index is 1.55. The molecule has 1 aliphatic heterocycles. The van der Waals surface area contributed by atoms with Gasteiger partial charge in [0, 0.05) is 24.7 Å². The van der Waals surface area contributed by atoms with Gasteiger partial charge in [-0.3, -0.25) is 9.69 Å². The van der Waals surface area contributed by atoms with Gasteiger partial charge >= 0.3 is 6.03 Å². The van der Waals surface area contributed by atoms with Crippen molar-refractivity contribution in [1.82, 2.24) is 14.9 Å². The van der Waals surface area contributed by atoms with Crippen molar-refractivity contribution < 1.29 is 19.1 Å². The summed E-state index contributed by atoms with van der Waals surface area (Å²) in [6, 6.07) is 8.82. The van der Waals surface area contributed by atoms with Gasteiger partial charge in [-0.15, -0.1) is 0 Å². The molecule has 0 spiro atoms. The fourth-order valence-corrected chi connectivity index (χ4v) is 5.36. The molecule has 228 valence electrons. The van der Waals surface area contributed by atoms with Crippen molar-refractivity contribution in [2.45, 2.75) is 32.6 Å². The summed E-state index contributed by atoms with van der Waals surface area (Å²) in [5.74, 6) is 1.74. The molecule has 2 aromatic carbocycles. The third-order valence-corrected chi connectivity index (χ3v) is 8.05. The zero-order valence-electron chi connectivity index (χ0n) is 25.2. The molecule has 3 N–H and O–H groups in total. The maximum Gasteiger partial charge on any atom is 0.327 e. The first-order valence-corrected chi connectivity index (χ1v) is 14.4. The van der Waals surface area contributed by atoms with Gasteiger partial charge in [0.05, 0.1) is 31.3 Å². The predicted molar refractivity (Wildman–Crippen MR) is 171 cm³/mol. The molecule has 2 heterocycles. The lowest BCUT2D eigenvalue weighted by molar-refractivity contribution is -0.111. The van der Waals surface area contributed by atoms with Crippen LogP contribution in [0.15, 0.2) is 49.3 Å². The molecule has 0 unspecified atom stereocenters. The molecule has 43 heavy (non-hydrogen) atoms. The number of urea groups is 1. The van der Waals surface area contributed by atoms with Crippen molar-refractivity contribution in [1.29, 1.82) is 0 Å². The average molecular weight is 608 g/mol. The van der Waals surface area contributed by atoms with Crippen molar-refractivity contribution in [2.75, 3.05) is 61.8 Å². The Labute approximate surface area is 257 Å². The van der Waals surface area contributed by atoms with E-state index in [9.17, 15) is 9.59 Å².